The molecule has 3 saturated heterocycles. The number of amides is 1. The van der Waals surface area contributed by atoms with Gasteiger partial charge in [-0.2, -0.15) is 0 Å². The first-order valence-corrected chi connectivity index (χ1v) is 10.8. The molecule has 3 fully saturated rings. The van der Waals surface area contributed by atoms with Crippen LogP contribution in [0.5, 0.6) is 0 Å². The monoisotopic (exact) mass is 405 g/mol. The Hall–Kier alpha value is -2.33. The summed E-state index contributed by atoms with van der Waals surface area (Å²) in [5, 5.41) is 7.61. The number of carbonyl (C=O) groups is 1. The van der Waals surface area contributed by atoms with Crippen LogP contribution in [0.2, 0.25) is 0 Å². The number of nitrogens with zero attached hydrogens (tertiary/aromatic N) is 5. The molecular weight excluding hydrogens is 385 g/mol. The zero-order chi connectivity index (χ0) is 19.3. The second kappa shape index (κ2) is 6.93. The maximum atomic E-state index is 15.0. The van der Waals surface area contributed by atoms with Gasteiger partial charge in [0.1, 0.15) is 23.4 Å². The Kier molecular flexibility index (Phi) is 4.39. The highest BCUT2D eigenvalue weighted by molar-refractivity contribution is 7.91. The zero-order valence-electron chi connectivity index (χ0n) is 15.1. The minimum Gasteiger partial charge on any atom is -0.616 e. The van der Waals surface area contributed by atoms with Crippen molar-refractivity contribution in [3.63, 3.8) is 0 Å². The first-order chi connectivity index (χ1) is 13.6. The van der Waals surface area contributed by atoms with E-state index in [1.807, 2.05) is 0 Å². The molecule has 8 nitrogen and oxygen atoms in total. The van der Waals surface area contributed by atoms with Crippen molar-refractivity contribution in [2.75, 3.05) is 27.9 Å². The van der Waals surface area contributed by atoms with Crippen LogP contribution >= 0.6 is 0 Å². The third kappa shape index (κ3) is 3.10. The highest BCUT2D eigenvalue weighted by Gasteiger charge is 2.44. The van der Waals surface area contributed by atoms with Crippen molar-refractivity contribution in [1.82, 2.24) is 15.0 Å². The Balaban J connectivity index is 1.33. The van der Waals surface area contributed by atoms with Crippen LogP contribution < -0.4 is 9.80 Å². The minimum absolute atomic E-state index is 0.128. The van der Waals surface area contributed by atoms with E-state index >= 15 is 0 Å². The van der Waals surface area contributed by atoms with Crippen LogP contribution in [0.25, 0.3) is 0 Å². The second-order valence-corrected chi connectivity index (χ2v) is 8.99. The highest BCUT2D eigenvalue weighted by atomic mass is 32.2. The van der Waals surface area contributed by atoms with Crippen molar-refractivity contribution in [3.8, 4) is 0 Å². The number of ether oxygens (including phenoxy) is 1. The van der Waals surface area contributed by atoms with E-state index in [1.54, 1.807) is 29.2 Å². The Morgan fingerprint density at radius 2 is 2.07 bits per heavy atom. The van der Waals surface area contributed by atoms with Gasteiger partial charge < -0.3 is 14.2 Å². The van der Waals surface area contributed by atoms with E-state index in [0.29, 0.717) is 36.0 Å². The molecule has 148 valence electrons. The molecule has 0 N–H and O–H groups in total. The van der Waals surface area contributed by atoms with Crippen LogP contribution in [0.15, 0.2) is 30.6 Å². The molecule has 1 unspecified atom stereocenters. The molecule has 2 aromatic rings. The van der Waals surface area contributed by atoms with Gasteiger partial charge in [0.25, 0.3) is 0 Å². The molecule has 28 heavy (non-hydrogen) atoms. The Bertz CT molecular complexity index is 868. The number of cyclic esters (lactones) is 1. The fourth-order valence-electron chi connectivity index (χ4n) is 4.42. The van der Waals surface area contributed by atoms with E-state index in [4.69, 9.17) is 4.74 Å². The third-order valence-electron chi connectivity index (χ3n) is 5.63. The number of hydrogen-bond donors (Lipinski definition) is 0. The van der Waals surface area contributed by atoms with Crippen molar-refractivity contribution < 1.29 is 18.5 Å². The summed E-state index contributed by atoms with van der Waals surface area (Å²) in [4.78, 5) is 15.8. The number of halogens is 1. The van der Waals surface area contributed by atoms with Gasteiger partial charge in [-0.25, -0.2) is 13.9 Å². The molecule has 0 aliphatic carbocycles. The Morgan fingerprint density at radius 3 is 2.75 bits per heavy atom. The Labute approximate surface area is 164 Å². The van der Waals surface area contributed by atoms with Crippen LogP contribution in [-0.4, -0.2) is 61.9 Å². The van der Waals surface area contributed by atoms with Crippen molar-refractivity contribution >= 4 is 28.6 Å². The van der Waals surface area contributed by atoms with Crippen molar-refractivity contribution in [3.05, 3.63) is 36.4 Å². The van der Waals surface area contributed by atoms with Gasteiger partial charge in [0.2, 0.25) is 0 Å². The van der Waals surface area contributed by atoms with Gasteiger partial charge in [0.15, 0.2) is 0 Å². The molecule has 1 amide bonds. The fourth-order valence-corrected chi connectivity index (χ4v) is 6.07. The number of anilines is 2. The number of fused-ring (bicyclic) bond motifs is 2. The standard InChI is InChI=1S/C18H20FN5O3S/c19-16-7-12(23-9-15(27-18(23)25)8-22-6-5-20-21-22)3-4-17(16)24-13-1-2-14(24)11-28(26)10-13/h3-7,13-15H,1-2,8-11H2/t13-,14+,15-,28?/m0/s1. The van der Waals surface area contributed by atoms with Crippen molar-refractivity contribution in [2.45, 2.75) is 37.6 Å². The second-order valence-electron chi connectivity index (χ2n) is 7.44. The molecule has 0 saturated carbocycles. The quantitative estimate of drug-likeness (QED) is 0.718. The van der Waals surface area contributed by atoms with Crippen LogP contribution in [-0.2, 0) is 22.5 Å². The predicted octanol–water partition coefficient (Wildman–Crippen LogP) is 1.54. The summed E-state index contributed by atoms with van der Waals surface area (Å²) in [5.74, 6) is 0.829. The normalized spacial score (nSPS) is 29.4. The number of carbonyl (C=O) groups excluding carboxylic acids is 1. The SMILES string of the molecule is O=C1O[C@@H](Cn2ccnn2)CN1c1ccc(N2[C@@H]3CC[C@H]2C[S+]([O-])C3)c(F)c1. The predicted molar refractivity (Wildman–Crippen MR) is 101 cm³/mol. The van der Waals surface area contributed by atoms with Gasteiger partial charge in [0, 0.05) is 6.20 Å². The Morgan fingerprint density at radius 1 is 1.29 bits per heavy atom. The molecule has 1 aromatic heterocycles. The largest absolute Gasteiger partial charge is 0.616 e. The summed E-state index contributed by atoms with van der Waals surface area (Å²) in [6, 6.07) is 5.12. The van der Waals surface area contributed by atoms with E-state index in [9.17, 15) is 13.7 Å². The average molecular weight is 405 g/mol. The molecule has 0 spiro atoms. The van der Waals surface area contributed by atoms with Crippen LogP contribution in [0.3, 0.4) is 0 Å². The summed E-state index contributed by atoms with van der Waals surface area (Å²) in [7, 11) is 0. The molecule has 2 bridgehead atoms. The molecule has 3 aliphatic heterocycles. The maximum Gasteiger partial charge on any atom is 0.414 e. The topological polar surface area (TPSA) is 86.6 Å². The molecule has 0 radical (unpaired) electrons. The fraction of sp³-hybridized carbons (Fsp3) is 0.500. The smallest absolute Gasteiger partial charge is 0.414 e. The molecular formula is C18H20FN5O3S. The van der Waals surface area contributed by atoms with E-state index in [0.717, 1.165) is 12.8 Å². The lowest BCUT2D eigenvalue weighted by Crippen LogP contribution is -2.49. The number of rotatable bonds is 4. The molecule has 5 rings (SSSR count). The molecule has 10 heteroatoms. The first-order valence-electron chi connectivity index (χ1n) is 9.33. The molecule has 4 atom stereocenters. The molecule has 3 aliphatic rings. The lowest BCUT2D eigenvalue weighted by atomic mass is 10.2. The lowest BCUT2D eigenvalue weighted by Gasteiger charge is -2.37. The van der Waals surface area contributed by atoms with E-state index in [-0.39, 0.29) is 24.0 Å². The van der Waals surface area contributed by atoms with Gasteiger partial charge in [-0.15, -0.1) is 5.10 Å². The summed E-state index contributed by atoms with van der Waals surface area (Å²) >= 11 is -0.813. The summed E-state index contributed by atoms with van der Waals surface area (Å²) < 4.78 is 33.9. The van der Waals surface area contributed by atoms with E-state index in [2.05, 4.69) is 15.2 Å². The summed E-state index contributed by atoms with van der Waals surface area (Å²) in [5.41, 5.74) is 1.000. The van der Waals surface area contributed by atoms with Crippen molar-refractivity contribution in [1.29, 1.82) is 0 Å². The van der Waals surface area contributed by atoms with Crippen molar-refractivity contribution in [2.24, 2.45) is 0 Å². The van der Waals surface area contributed by atoms with Crippen LogP contribution in [0.4, 0.5) is 20.6 Å². The van der Waals surface area contributed by atoms with Gasteiger partial charge in [0.05, 0.1) is 42.7 Å². The highest BCUT2D eigenvalue weighted by Crippen LogP contribution is 2.38. The van der Waals surface area contributed by atoms with E-state index in [1.165, 1.54) is 11.0 Å². The maximum absolute atomic E-state index is 15.0. The lowest BCUT2D eigenvalue weighted by molar-refractivity contribution is 0.129. The van der Waals surface area contributed by atoms with Crippen LogP contribution in [0.1, 0.15) is 12.8 Å². The van der Waals surface area contributed by atoms with Gasteiger partial charge in [-0.3, -0.25) is 4.90 Å². The first kappa shape index (κ1) is 17.7. The molecule has 1 aromatic carbocycles. The number of benzene rings is 1. The van der Waals surface area contributed by atoms with Crippen LogP contribution in [0, 0.1) is 5.82 Å². The third-order valence-corrected chi connectivity index (χ3v) is 7.15. The number of aromatic nitrogens is 3. The average Bonchev–Trinajstić information content (AvgIpc) is 3.35. The zero-order valence-corrected chi connectivity index (χ0v) is 15.9. The molecule has 4 heterocycles. The van der Waals surface area contributed by atoms with Gasteiger partial charge >= 0.3 is 6.09 Å². The summed E-state index contributed by atoms with van der Waals surface area (Å²) in [6.07, 6.45) is 4.28. The van der Waals surface area contributed by atoms with Gasteiger partial charge in [-0.1, -0.05) is 5.21 Å². The number of hydrogen-bond acceptors (Lipinski definition) is 6. The minimum atomic E-state index is -0.813. The van der Waals surface area contributed by atoms with E-state index < -0.39 is 17.3 Å². The summed E-state index contributed by atoms with van der Waals surface area (Å²) in [6.45, 7) is 0.725. The van der Waals surface area contributed by atoms with Gasteiger partial charge in [-0.05, 0) is 42.2 Å².